The summed E-state index contributed by atoms with van der Waals surface area (Å²) in [7, 11) is -5.82. The van der Waals surface area contributed by atoms with Crippen LogP contribution in [0.4, 0.5) is 13.2 Å². The van der Waals surface area contributed by atoms with Gasteiger partial charge in [0.05, 0.1) is 5.97 Å². The van der Waals surface area contributed by atoms with Gasteiger partial charge >= 0.3 is 15.6 Å². The fourth-order valence-corrected chi connectivity index (χ4v) is 3.63. The molecule has 5 nitrogen and oxygen atoms in total. The van der Waals surface area contributed by atoms with Gasteiger partial charge in [-0.2, -0.15) is 21.6 Å². The number of carboxylic acids is 1. The zero-order chi connectivity index (χ0) is 22.3. The highest BCUT2D eigenvalue weighted by atomic mass is 32.2. The van der Waals surface area contributed by atoms with E-state index >= 15 is 0 Å². The third kappa shape index (κ3) is 4.11. The van der Waals surface area contributed by atoms with Crippen molar-refractivity contribution in [2.45, 2.75) is 24.8 Å². The van der Waals surface area contributed by atoms with Crippen LogP contribution in [-0.2, 0) is 19.7 Å². The number of fused-ring (bicyclic) bond motifs is 1. The lowest BCUT2D eigenvalue weighted by Gasteiger charge is -2.17. The van der Waals surface area contributed by atoms with E-state index in [0.29, 0.717) is 16.7 Å². The summed E-state index contributed by atoms with van der Waals surface area (Å²) in [6.45, 7) is 3.43. The maximum absolute atomic E-state index is 12.7. The van der Waals surface area contributed by atoms with E-state index in [1.165, 1.54) is 24.3 Å². The number of aromatic carboxylic acids is 1. The van der Waals surface area contributed by atoms with Crippen molar-refractivity contribution in [1.82, 2.24) is 0 Å². The summed E-state index contributed by atoms with van der Waals surface area (Å²) in [5.74, 6) is -1.75. The summed E-state index contributed by atoms with van der Waals surface area (Å²) in [6, 6.07) is 11.0. The van der Waals surface area contributed by atoms with Crippen molar-refractivity contribution in [2.75, 3.05) is 0 Å². The summed E-state index contributed by atoms with van der Waals surface area (Å²) < 4.78 is 65.5. The topological polar surface area (TPSA) is 83.5 Å². The molecular weight excluding hydrogens is 421 g/mol. The first-order valence-electron chi connectivity index (χ1n) is 8.69. The van der Waals surface area contributed by atoms with Crippen LogP contribution in [0.2, 0.25) is 0 Å². The number of allylic oxidation sites excluding steroid dienone is 1. The monoisotopic (exact) mass is 437 g/mol. The Morgan fingerprint density at radius 1 is 1.10 bits per heavy atom. The molecule has 0 saturated heterocycles. The number of halogens is 3. The van der Waals surface area contributed by atoms with Crippen LogP contribution in [0.1, 0.15) is 46.5 Å². The maximum Gasteiger partial charge on any atom is 0.534 e. The van der Waals surface area contributed by atoms with Crippen LogP contribution in [0.15, 0.2) is 48.5 Å². The van der Waals surface area contributed by atoms with Crippen LogP contribution < -0.4 is 5.11 Å². The Kier molecular flexibility index (Phi) is 5.28. The highest BCUT2D eigenvalue weighted by Gasteiger charge is 2.50. The quantitative estimate of drug-likeness (QED) is 0.405. The Bertz CT molecular complexity index is 1180. The van der Waals surface area contributed by atoms with Crippen molar-refractivity contribution < 1.29 is 35.7 Å². The van der Waals surface area contributed by atoms with E-state index in [4.69, 9.17) is 0 Å². The summed E-state index contributed by atoms with van der Waals surface area (Å²) in [6.07, 6.45) is 4.40. The van der Waals surface area contributed by atoms with Gasteiger partial charge in [-0.1, -0.05) is 62.4 Å². The van der Waals surface area contributed by atoms with E-state index in [0.717, 1.165) is 0 Å². The molecular formula is C21H16F3O5S-. The summed E-state index contributed by atoms with van der Waals surface area (Å²) in [5.41, 5.74) is -4.60. The number of hydrogen-bond donors (Lipinski definition) is 0. The zero-order valence-corrected chi connectivity index (χ0v) is 16.7. The molecule has 30 heavy (non-hydrogen) atoms. The first-order chi connectivity index (χ1) is 13.8. The molecule has 158 valence electrons. The lowest BCUT2D eigenvalue weighted by Crippen LogP contribution is -2.24. The molecule has 0 unspecified atom stereocenters. The van der Waals surface area contributed by atoms with Crippen molar-refractivity contribution in [1.29, 1.82) is 0 Å². The largest absolute Gasteiger partial charge is 0.545 e. The Morgan fingerprint density at radius 2 is 1.77 bits per heavy atom. The molecule has 0 saturated carbocycles. The highest BCUT2D eigenvalue weighted by molar-refractivity contribution is 7.87. The predicted octanol–water partition coefficient (Wildman–Crippen LogP) is 3.72. The Labute approximate surface area is 171 Å². The van der Waals surface area contributed by atoms with Crippen molar-refractivity contribution in [2.24, 2.45) is 0 Å². The number of alkyl halides is 3. The molecule has 9 heteroatoms. The van der Waals surface area contributed by atoms with Gasteiger partial charge in [0, 0.05) is 16.5 Å². The molecule has 0 spiro atoms. The normalized spacial score (nSPS) is 15.7. The second kappa shape index (κ2) is 7.32. The first-order valence-corrected chi connectivity index (χ1v) is 10.1. The minimum Gasteiger partial charge on any atom is -0.545 e. The molecule has 1 aliphatic rings. The van der Waals surface area contributed by atoms with E-state index < -0.39 is 32.8 Å². The number of benzene rings is 2. The molecule has 0 bridgehead atoms. The van der Waals surface area contributed by atoms with Gasteiger partial charge in [-0.15, -0.1) is 0 Å². The average Bonchev–Trinajstić information content (AvgIpc) is 2.88. The number of carbonyl (C=O) groups excluding carboxylic acids is 1. The molecule has 0 heterocycles. The first kappa shape index (κ1) is 21.6. The lowest BCUT2D eigenvalue weighted by atomic mass is 9.86. The Balaban J connectivity index is 1.99. The minimum absolute atomic E-state index is 0.0174. The number of carbonyl (C=O) groups is 1. The molecule has 1 aliphatic carbocycles. The summed E-state index contributed by atoms with van der Waals surface area (Å²) >= 11 is 0. The third-order valence-electron chi connectivity index (χ3n) is 4.61. The van der Waals surface area contributed by atoms with E-state index in [1.54, 1.807) is 50.3 Å². The standard InChI is InChI=1S/C21H17F3O5S/c1-20(2)12-18(29-30(27,28)21(22,23)24)16-11-13(8-10-17(16)20)7-9-14-5-3-4-6-15(14)19(25)26/h3-12H,1-2H3,(H,25,26)/p-1/b9-7+. The summed E-state index contributed by atoms with van der Waals surface area (Å²) in [4.78, 5) is 11.2. The average molecular weight is 437 g/mol. The van der Waals surface area contributed by atoms with Crippen LogP contribution >= 0.6 is 0 Å². The Morgan fingerprint density at radius 3 is 2.40 bits per heavy atom. The predicted molar refractivity (Wildman–Crippen MR) is 103 cm³/mol. The van der Waals surface area contributed by atoms with E-state index in [-0.39, 0.29) is 11.1 Å². The van der Waals surface area contributed by atoms with Gasteiger partial charge in [0.15, 0.2) is 0 Å². The molecule has 2 aromatic rings. The van der Waals surface area contributed by atoms with Gasteiger partial charge in [0.2, 0.25) is 0 Å². The molecule has 0 aromatic heterocycles. The van der Waals surface area contributed by atoms with E-state index in [9.17, 15) is 31.5 Å². The van der Waals surface area contributed by atoms with Crippen LogP contribution in [-0.4, -0.2) is 19.9 Å². The lowest BCUT2D eigenvalue weighted by molar-refractivity contribution is -0.255. The van der Waals surface area contributed by atoms with Crippen molar-refractivity contribution in [3.63, 3.8) is 0 Å². The fraction of sp³-hybridized carbons (Fsp3) is 0.190. The van der Waals surface area contributed by atoms with Crippen molar-refractivity contribution in [3.8, 4) is 0 Å². The smallest absolute Gasteiger partial charge is 0.534 e. The number of hydrogen-bond acceptors (Lipinski definition) is 5. The minimum atomic E-state index is -5.82. The van der Waals surface area contributed by atoms with Gasteiger partial charge in [0.25, 0.3) is 0 Å². The van der Waals surface area contributed by atoms with Gasteiger partial charge in [-0.05, 0) is 28.8 Å². The SMILES string of the molecule is CC1(C)C=C(OS(=O)(=O)C(F)(F)F)c2cc(/C=C/c3ccccc3C(=O)[O-])ccc21. The van der Waals surface area contributed by atoms with Gasteiger partial charge < -0.3 is 14.1 Å². The van der Waals surface area contributed by atoms with Crippen molar-refractivity contribution >= 4 is 34.0 Å². The molecule has 0 aliphatic heterocycles. The van der Waals surface area contributed by atoms with Crippen LogP contribution in [0.5, 0.6) is 0 Å². The molecule has 2 aromatic carbocycles. The second-order valence-electron chi connectivity index (χ2n) is 7.23. The molecule has 0 atom stereocenters. The van der Waals surface area contributed by atoms with E-state index in [1.807, 2.05) is 0 Å². The summed E-state index contributed by atoms with van der Waals surface area (Å²) in [5, 5.41) is 11.2. The van der Waals surface area contributed by atoms with E-state index in [2.05, 4.69) is 4.18 Å². The Hall–Kier alpha value is -3.07. The highest BCUT2D eigenvalue weighted by Crippen LogP contribution is 2.43. The molecule has 0 N–H and O–H groups in total. The van der Waals surface area contributed by atoms with Gasteiger partial charge in [0.1, 0.15) is 5.76 Å². The maximum atomic E-state index is 12.7. The molecule has 0 radical (unpaired) electrons. The number of rotatable bonds is 5. The van der Waals surface area contributed by atoms with Gasteiger partial charge in [-0.3, -0.25) is 0 Å². The zero-order valence-electron chi connectivity index (χ0n) is 15.9. The third-order valence-corrected chi connectivity index (χ3v) is 5.58. The molecule has 0 amide bonds. The molecule has 0 fully saturated rings. The van der Waals surface area contributed by atoms with Crippen LogP contribution in [0.25, 0.3) is 17.9 Å². The second-order valence-corrected chi connectivity index (χ2v) is 8.76. The fourth-order valence-electron chi connectivity index (χ4n) is 3.16. The van der Waals surface area contributed by atoms with Crippen molar-refractivity contribution in [3.05, 3.63) is 76.4 Å². The number of carboxylic acid groups (broad SMARTS) is 1. The molecule has 3 rings (SSSR count). The van der Waals surface area contributed by atoms with Crippen LogP contribution in [0.3, 0.4) is 0 Å². The van der Waals surface area contributed by atoms with Crippen LogP contribution in [0, 0.1) is 0 Å². The van der Waals surface area contributed by atoms with Gasteiger partial charge in [-0.25, -0.2) is 0 Å².